The zero-order valence-corrected chi connectivity index (χ0v) is 14.1. The van der Waals surface area contributed by atoms with Gasteiger partial charge in [-0.15, -0.1) is 11.3 Å². The fraction of sp³-hybridized carbons (Fsp3) is 0.714. The van der Waals surface area contributed by atoms with Gasteiger partial charge < -0.3 is 10.1 Å². The second-order valence-electron chi connectivity index (χ2n) is 5.14. The molecule has 2 rings (SSSR count). The first-order valence-electron chi connectivity index (χ1n) is 6.88. The van der Waals surface area contributed by atoms with Crippen LogP contribution in [0.25, 0.3) is 0 Å². The van der Waals surface area contributed by atoms with Crippen molar-refractivity contribution in [1.82, 2.24) is 10.2 Å². The molecule has 1 aromatic rings. The van der Waals surface area contributed by atoms with Gasteiger partial charge in [-0.05, 0) is 48.3 Å². The summed E-state index contributed by atoms with van der Waals surface area (Å²) in [6, 6.07) is 2.91. The molecule has 0 radical (unpaired) electrons. The number of halogens is 1. The van der Waals surface area contributed by atoms with E-state index in [1.54, 1.807) is 7.11 Å². The lowest BCUT2D eigenvalue weighted by Gasteiger charge is -2.24. The number of aryl methyl sites for hydroxylation is 1. The molecule has 1 N–H and O–H groups in total. The van der Waals surface area contributed by atoms with Crippen molar-refractivity contribution in [3.05, 3.63) is 20.3 Å². The lowest BCUT2D eigenvalue weighted by molar-refractivity contribution is 0.139. The fourth-order valence-corrected chi connectivity index (χ4v) is 4.14. The van der Waals surface area contributed by atoms with Gasteiger partial charge in [-0.1, -0.05) is 0 Å². The average Bonchev–Trinajstić information content (AvgIpc) is 2.98. The molecule has 1 unspecified atom stereocenters. The maximum Gasteiger partial charge on any atom is 0.0589 e. The molecule has 0 bridgehead atoms. The summed E-state index contributed by atoms with van der Waals surface area (Å²) in [5, 5.41) is 3.58. The van der Waals surface area contributed by atoms with E-state index in [1.165, 1.54) is 33.6 Å². The van der Waals surface area contributed by atoms with Crippen LogP contribution in [0.5, 0.6) is 0 Å². The lowest BCUT2D eigenvalue weighted by atomic mass is 10.2. The van der Waals surface area contributed by atoms with Crippen molar-refractivity contribution < 1.29 is 4.74 Å². The number of rotatable bonds is 7. The van der Waals surface area contributed by atoms with Crippen LogP contribution < -0.4 is 5.32 Å². The summed E-state index contributed by atoms with van der Waals surface area (Å²) in [4.78, 5) is 5.30. The Morgan fingerprint density at radius 3 is 3.00 bits per heavy atom. The first-order valence-corrected chi connectivity index (χ1v) is 8.49. The number of ether oxygens (including phenoxy) is 1. The highest BCUT2D eigenvalue weighted by Gasteiger charge is 2.18. The van der Waals surface area contributed by atoms with Crippen LogP contribution in [0.4, 0.5) is 0 Å². The van der Waals surface area contributed by atoms with E-state index in [-0.39, 0.29) is 0 Å². The van der Waals surface area contributed by atoms with E-state index in [0.717, 1.165) is 26.2 Å². The fourth-order valence-electron chi connectivity index (χ4n) is 2.50. The number of methoxy groups -OCH3 is 1. The predicted molar refractivity (Wildman–Crippen MR) is 84.9 cm³/mol. The van der Waals surface area contributed by atoms with Gasteiger partial charge in [-0.25, -0.2) is 0 Å². The monoisotopic (exact) mass is 346 g/mol. The van der Waals surface area contributed by atoms with Crippen molar-refractivity contribution in [3.63, 3.8) is 0 Å². The molecule has 1 aromatic heterocycles. The lowest BCUT2D eigenvalue weighted by Crippen LogP contribution is -2.38. The molecule has 1 aliphatic heterocycles. The summed E-state index contributed by atoms with van der Waals surface area (Å²) >= 11 is 5.49. The summed E-state index contributed by atoms with van der Waals surface area (Å²) in [7, 11) is 1.78. The van der Waals surface area contributed by atoms with Crippen molar-refractivity contribution in [3.8, 4) is 0 Å². The molecule has 0 spiro atoms. The zero-order valence-electron chi connectivity index (χ0n) is 11.7. The van der Waals surface area contributed by atoms with Crippen molar-refractivity contribution >= 4 is 27.3 Å². The molecular formula is C14H23BrN2OS. The molecule has 0 saturated carbocycles. The van der Waals surface area contributed by atoms with Crippen LogP contribution in [0, 0.1) is 6.92 Å². The SMILES string of the molecule is COCCN(Cc1cc(Br)c(C)s1)CC1CCCN1. The van der Waals surface area contributed by atoms with E-state index in [0.29, 0.717) is 6.04 Å². The van der Waals surface area contributed by atoms with Gasteiger partial charge in [0.2, 0.25) is 0 Å². The average molecular weight is 347 g/mol. The highest BCUT2D eigenvalue weighted by molar-refractivity contribution is 9.10. The van der Waals surface area contributed by atoms with Crippen LogP contribution in [0.3, 0.4) is 0 Å². The Labute approximate surface area is 128 Å². The number of hydrogen-bond acceptors (Lipinski definition) is 4. The summed E-state index contributed by atoms with van der Waals surface area (Å²) in [5.74, 6) is 0. The van der Waals surface area contributed by atoms with Crippen molar-refractivity contribution in [2.24, 2.45) is 0 Å². The maximum absolute atomic E-state index is 5.24. The van der Waals surface area contributed by atoms with Gasteiger partial charge in [0.15, 0.2) is 0 Å². The van der Waals surface area contributed by atoms with E-state index < -0.39 is 0 Å². The van der Waals surface area contributed by atoms with Crippen molar-refractivity contribution in [2.45, 2.75) is 32.4 Å². The molecule has 1 aliphatic rings. The minimum Gasteiger partial charge on any atom is -0.383 e. The molecule has 0 aliphatic carbocycles. The van der Waals surface area contributed by atoms with Crippen LogP contribution in [-0.4, -0.2) is 44.3 Å². The topological polar surface area (TPSA) is 24.5 Å². The Morgan fingerprint density at radius 1 is 1.58 bits per heavy atom. The summed E-state index contributed by atoms with van der Waals surface area (Å²) < 4.78 is 6.47. The van der Waals surface area contributed by atoms with Gasteiger partial charge in [-0.2, -0.15) is 0 Å². The molecule has 3 nitrogen and oxygen atoms in total. The van der Waals surface area contributed by atoms with Gasteiger partial charge in [0.25, 0.3) is 0 Å². The van der Waals surface area contributed by atoms with E-state index in [2.05, 4.69) is 39.1 Å². The highest BCUT2D eigenvalue weighted by atomic mass is 79.9. The summed E-state index contributed by atoms with van der Waals surface area (Å²) in [6.45, 7) is 7.29. The van der Waals surface area contributed by atoms with Gasteiger partial charge in [0.1, 0.15) is 0 Å². The van der Waals surface area contributed by atoms with Gasteiger partial charge in [0.05, 0.1) is 6.61 Å². The first-order chi connectivity index (χ1) is 9.19. The Morgan fingerprint density at radius 2 is 2.42 bits per heavy atom. The maximum atomic E-state index is 5.24. The number of thiophene rings is 1. The second kappa shape index (κ2) is 7.74. The number of nitrogens with zero attached hydrogens (tertiary/aromatic N) is 1. The molecule has 2 heterocycles. The molecule has 0 amide bonds. The van der Waals surface area contributed by atoms with Crippen LogP contribution in [-0.2, 0) is 11.3 Å². The Kier molecular flexibility index (Phi) is 6.29. The van der Waals surface area contributed by atoms with Crippen LogP contribution >= 0.6 is 27.3 Å². The Bertz CT molecular complexity index is 371. The molecule has 1 atom stereocenters. The molecule has 19 heavy (non-hydrogen) atoms. The third kappa shape index (κ3) is 4.83. The molecule has 5 heteroatoms. The van der Waals surface area contributed by atoms with Gasteiger partial charge >= 0.3 is 0 Å². The van der Waals surface area contributed by atoms with Crippen LogP contribution in [0.1, 0.15) is 22.6 Å². The van der Waals surface area contributed by atoms with Crippen LogP contribution in [0.2, 0.25) is 0 Å². The number of hydrogen-bond donors (Lipinski definition) is 1. The van der Waals surface area contributed by atoms with Crippen molar-refractivity contribution in [2.75, 3.05) is 33.4 Å². The third-order valence-corrected chi connectivity index (χ3v) is 5.66. The van der Waals surface area contributed by atoms with E-state index in [4.69, 9.17) is 4.74 Å². The quantitative estimate of drug-likeness (QED) is 0.821. The van der Waals surface area contributed by atoms with E-state index in [1.807, 2.05) is 11.3 Å². The minimum absolute atomic E-state index is 0.654. The standard InChI is InChI=1S/C14H23BrN2OS/c1-11-14(15)8-13(19-11)10-17(6-7-18-2)9-12-4-3-5-16-12/h8,12,16H,3-7,9-10H2,1-2H3. The molecule has 1 saturated heterocycles. The summed E-state index contributed by atoms with van der Waals surface area (Å²) in [5.41, 5.74) is 0. The Balaban J connectivity index is 1.91. The number of nitrogens with one attached hydrogen (secondary N) is 1. The van der Waals surface area contributed by atoms with Crippen molar-refractivity contribution in [1.29, 1.82) is 0 Å². The molecule has 0 aromatic carbocycles. The normalized spacial score (nSPS) is 19.5. The second-order valence-corrected chi connectivity index (χ2v) is 7.33. The summed E-state index contributed by atoms with van der Waals surface area (Å²) in [6.07, 6.45) is 2.61. The molecular weight excluding hydrogens is 324 g/mol. The highest BCUT2D eigenvalue weighted by Crippen LogP contribution is 2.27. The smallest absolute Gasteiger partial charge is 0.0589 e. The first kappa shape index (κ1) is 15.4. The van der Waals surface area contributed by atoms with Gasteiger partial charge in [0, 0.05) is 47.0 Å². The Hall–Kier alpha value is 0.0600. The molecule has 108 valence electrons. The van der Waals surface area contributed by atoms with Crippen LogP contribution in [0.15, 0.2) is 10.5 Å². The van der Waals surface area contributed by atoms with E-state index >= 15 is 0 Å². The minimum atomic E-state index is 0.654. The largest absolute Gasteiger partial charge is 0.383 e. The van der Waals surface area contributed by atoms with Gasteiger partial charge in [-0.3, -0.25) is 4.90 Å². The third-order valence-electron chi connectivity index (χ3n) is 3.54. The predicted octanol–water partition coefficient (Wildman–Crippen LogP) is 3.02. The van der Waals surface area contributed by atoms with E-state index in [9.17, 15) is 0 Å². The zero-order chi connectivity index (χ0) is 13.7. The molecule has 1 fully saturated rings.